The van der Waals surface area contributed by atoms with E-state index in [1.54, 1.807) is 0 Å². The number of benzene rings is 1. The second-order valence-electron chi connectivity index (χ2n) is 1.37. The van der Waals surface area contributed by atoms with Crippen molar-refractivity contribution in [2.45, 2.75) is 0 Å². The van der Waals surface area contributed by atoms with Gasteiger partial charge in [-0.2, -0.15) is 0 Å². The first-order valence-electron chi connectivity index (χ1n) is 2.16. The summed E-state index contributed by atoms with van der Waals surface area (Å²) in [5.41, 5.74) is 0. The Balaban J connectivity index is 3.02. The Hall–Kier alpha value is 0.0382. The molecule has 0 saturated heterocycles. The van der Waals surface area contributed by atoms with Crippen molar-refractivity contribution in [3.8, 4) is 0 Å². The molecule has 7 heavy (non-hydrogen) atoms. The normalized spacial score (nSPS) is 8.71. The number of hydrogen-bond donors (Lipinski definition) is 0. The van der Waals surface area contributed by atoms with E-state index in [0.29, 0.717) is 0 Å². The molecule has 1 heteroatoms. The first kappa shape index (κ1) is 5.18. The molecule has 0 spiro atoms. The fourth-order valence-electron chi connectivity index (χ4n) is 0.438. The molecular formula is C6H6Sb. The van der Waals surface area contributed by atoms with E-state index in [4.69, 9.17) is 0 Å². The van der Waals surface area contributed by atoms with E-state index in [1.165, 1.54) is 26.5 Å². The fourth-order valence-corrected chi connectivity index (χ4v) is 0.987. The van der Waals surface area contributed by atoms with E-state index in [-0.39, 0.29) is 0 Å². The topological polar surface area (TPSA) is 0 Å². The summed E-state index contributed by atoms with van der Waals surface area (Å²) >= 11 is 1.49. The maximum atomic E-state index is 2.12. The van der Waals surface area contributed by atoms with Crippen LogP contribution in [-0.2, 0) is 0 Å². The molecule has 0 nitrogen and oxygen atoms in total. The van der Waals surface area contributed by atoms with Crippen LogP contribution < -0.4 is 3.51 Å². The second kappa shape index (κ2) is 2.37. The van der Waals surface area contributed by atoms with Crippen molar-refractivity contribution in [1.82, 2.24) is 0 Å². The van der Waals surface area contributed by atoms with Crippen LogP contribution in [0.4, 0.5) is 0 Å². The van der Waals surface area contributed by atoms with Crippen molar-refractivity contribution in [3.63, 3.8) is 0 Å². The van der Waals surface area contributed by atoms with Gasteiger partial charge in [-0.15, -0.1) is 0 Å². The molecule has 0 aliphatic rings. The summed E-state index contributed by atoms with van der Waals surface area (Å²) in [6.45, 7) is 0. The standard InChI is InChI=1S/C6H5.Sb.H/c1-2-4-6-5-3-1;;/h1-5H;;. The molecule has 1 rings (SSSR count). The van der Waals surface area contributed by atoms with Gasteiger partial charge in [-0.3, -0.25) is 0 Å². The van der Waals surface area contributed by atoms with Crippen LogP contribution in [0.15, 0.2) is 30.3 Å². The van der Waals surface area contributed by atoms with E-state index >= 15 is 0 Å². The minimum absolute atomic E-state index is 1.41. The number of hydrogen-bond acceptors (Lipinski definition) is 0. The van der Waals surface area contributed by atoms with Gasteiger partial charge in [0.05, 0.1) is 0 Å². The third-order valence-corrected chi connectivity index (χ3v) is 1.73. The van der Waals surface area contributed by atoms with Crippen molar-refractivity contribution in [2.24, 2.45) is 0 Å². The molecule has 0 fully saturated rings. The summed E-state index contributed by atoms with van der Waals surface area (Å²) < 4.78 is 1.41. The molecule has 0 bridgehead atoms. The molecule has 0 amide bonds. The van der Waals surface area contributed by atoms with Crippen LogP contribution in [0.2, 0.25) is 0 Å². The maximum absolute atomic E-state index is 2.12. The molecule has 0 aliphatic heterocycles. The van der Waals surface area contributed by atoms with Crippen LogP contribution in [-0.4, -0.2) is 23.0 Å². The molecule has 0 atom stereocenters. The molecule has 1 radical (unpaired) electrons. The van der Waals surface area contributed by atoms with Gasteiger partial charge in [-0.05, 0) is 0 Å². The Kier molecular flexibility index (Phi) is 1.76. The Morgan fingerprint density at radius 1 is 1.00 bits per heavy atom. The molecule has 1 aromatic rings. The van der Waals surface area contributed by atoms with Crippen molar-refractivity contribution in [2.75, 3.05) is 0 Å². The third kappa shape index (κ3) is 1.52. The van der Waals surface area contributed by atoms with E-state index in [9.17, 15) is 0 Å². The fraction of sp³-hybridized carbons (Fsp3) is 0. The summed E-state index contributed by atoms with van der Waals surface area (Å²) in [6.07, 6.45) is 0. The first-order chi connectivity index (χ1) is 3.39. The summed E-state index contributed by atoms with van der Waals surface area (Å²) in [4.78, 5) is 0. The van der Waals surface area contributed by atoms with Gasteiger partial charge in [0.25, 0.3) is 0 Å². The molecular weight excluding hydrogens is 194 g/mol. The molecule has 0 aromatic heterocycles. The van der Waals surface area contributed by atoms with Gasteiger partial charge < -0.3 is 0 Å². The monoisotopic (exact) mass is 199 g/mol. The molecule has 0 unspecified atom stereocenters. The molecule has 35 valence electrons. The van der Waals surface area contributed by atoms with E-state index in [2.05, 4.69) is 24.3 Å². The summed E-state index contributed by atoms with van der Waals surface area (Å²) in [7, 11) is 0. The number of rotatable bonds is 0. The van der Waals surface area contributed by atoms with E-state index in [1.807, 2.05) is 6.07 Å². The average Bonchev–Trinajstić information content (AvgIpc) is 1.69. The van der Waals surface area contributed by atoms with Crippen LogP contribution in [0, 0.1) is 0 Å². The quantitative estimate of drug-likeness (QED) is 0.525. The predicted octanol–water partition coefficient (Wildman–Crippen LogP) is 0.213. The van der Waals surface area contributed by atoms with Crippen LogP contribution in [0.5, 0.6) is 0 Å². The van der Waals surface area contributed by atoms with Crippen LogP contribution in [0.25, 0.3) is 0 Å². The van der Waals surface area contributed by atoms with Crippen LogP contribution >= 0.6 is 0 Å². The van der Waals surface area contributed by atoms with Gasteiger partial charge in [0.1, 0.15) is 0 Å². The predicted molar refractivity (Wildman–Crippen MR) is 33.2 cm³/mol. The molecule has 1 aromatic carbocycles. The van der Waals surface area contributed by atoms with Crippen molar-refractivity contribution in [1.29, 1.82) is 0 Å². The van der Waals surface area contributed by atoms with Gasteiger partial charge in [-0.25, -0.2) is 0 Å². The summed E-state index contributed by atoms with van der Waals surface area (Å²) in [5.74, 6) is 0. The SMILES string of the molecule is [SbH][c]1ccccc1. The van der Waals surface area contributed by atoms with Crippen LogP contribution in [0.1, 0.15) is 0 Å². The molecule has 0 N–H and O–H groups in total. The zero-order chi connectivity index (χ0) is 5.11. The third-order valence-electron chi connectivity index (χ3n) is 0.774. The van der Waals surface area contributed by atoms with E-state index in [0.717, 1.165) is 0 Å². The summed E-state index contributed by atoms with van der Waals surface area (Å²) in [5, 5.41) is 0. The summed E-state index contributed by atoms with van der Waals surface area (Å²) in [6, 6.07) is 10.4. The zero-order valence-corrected chi connectivity index (χ0v) is 6.74. The van der Waals surface area contributed by atoms with Crippen molar-refractivity contribution in [3.05, 3.63) is 30.3 Å². The van der Waals surface area contributed by atoms with Crippen molar-refractivity contribution >= 4 is 26.5 Å². The Morgan fingerprint density at radius 3 is 1.86 bits per heavy atom. The van der Waals surface area contributed by atoms with Crippen molar-refractivity contribution < 1.29 is 0 Å². The molecule has 0 aliphatic carbocycles. The zero-order valence-electron chi connectivity index (χ0n) is 3.89. The average molecular weight is 200 g/mol. The first-order valence-corrected chi connectivity index (χ1v) is 3.59. The Bertz CT molecular complexity index is 134. The van der Waals surface area contributed by atoms with Gasteiger partial charge >= 0.3 is 56.9 Å². The van der Waals surface area contributed by atoms with Gasteiger partial charge in [-0.1, -0.05) is 0 Å². The van der Waals surface area contributed by atoms with Gasteiger partial charge in [0, 0.05) is 0 Å². The van der Waals surface area contributed by atoms with Crippen LogP contribution in [0.3, 0.4) is 0 Å². The second-order valence-corrected chi connectivity index (χ2v) is 3.01. The molecule has 0 saturated carbocycles. The Morgan fingerprint density at radius 2 is 1.57 bits per heavy atom. The van der Waals surface area contributed by atoms with Gasteiger partial charge in [0.15, 0.2) is 0 Å². The Labute approximate surface area is 57.0 Å². The molecule has 0 heterocycles. The minimum atomic E-state index is 1.41. The van der Waals surface area contributed by atoms with Gasteiger partial charge in [0.2, 0.25) is 0 Å². The van der Waals surface area contributed by atoms with E-state index < -0.39 is 0 Å².